The molecule has 3 rings (SSSR count). The number of anilines is 2. The van der Waals surface area contributed by atoms with Crippen LogP contribution in [0.1, 0.15) is 23.6 Å². The van der Waals surface area contributed by atoms with Crippen molar-refractivity contribution >= 4 is 33.3 Å². The van der Waals surface area contributed by atoms with Crippen LogP contribution in [0.5, 0.6) is 5.75 Å². The highest BCUT2D eigenvalue weighted by atomic mass is 32.1. The van der Waals surface area contributed by atoms with Crippen LogP contribution in [0.2, 0.25) is 0 Å². The van der Waals surface area contributed by atoms with Crippen LogP contribution in [0.25, 0.3) is 11.3 Å². The van der Waals surface area contributed by atoms with Gasteiger partial charge >= 0.3 is 0 Å². The van der Waals surface area contributed by atoms with Gasteiger partial charge in [-0.05, 0) is 44.0 Å². The topological polar surface area (TPSA) is 80.3 Å². The third-order valence-corrected chi connectivity index (χ3v) is 5.22. The number of benzene rings is 2. The largest absolute Gasteiger partial charge is 0.484 e. The predicted molar refractivity (Wildman–Crippen MR) is 117 cm³/mol. The Bertz CT molecular complexity index is 1040. The Morgan fingerprint density at radius 2 is 1.72 bits per heavy atom. The third kappa shape index (κ3) is 5.42. The van der Waals surface area contributed by atoms with Gasteiger partial charge in [0.2, 0.25) is 5.91 Å². The summed E-state index contributed by atoms with van der Waals surface area (Å²) in [5.41, 5.74) is 4.88. The highest BCUT2D eigenvalue weighted by Gasteiger charge is 2.16. The molecule has 0 fully saturated rings. The smallest absolute Gasteiger partial charge is 0.264 e. The molecule has 2 amide bonds. The van der Waals surface area contributed by atoms with Gasteiger partial charge in [-0.2, -0.15) is 0 Å². The average Bonchev–Trinajstić information content (AvgIpc) is 3.04. The van der Waals surface area contributed by atoms with Gasteiger partial charge in [0, 0.05) is 12.5 Å². The van der Waals surface area contributed by atoms with Gasteiger partial charge in [0.1, 0.15) is 16.4 Å². The van der Waals surface area contributed by atoms with Crippen molar-refractivity contribution in [2.45, 2.75) is 27.7 Å². The Balaban J connectivity index is 1.72. The summed E-state index contributed by atoms with van der Waals surface area (Å²) in [5.74, 6) is 0.126. The molecule has 29 heavy (non-hydrogen) atoms. The first-order valence-electron chi connectivity index (χ1n) is 9.17. The zero-order chi connectivity index (χ0) is 21.0. The molecule has 1 aromatic heterocycles. The molecule has 1 heterocycles. The molecule has 150 valence electrons. The first kappa shape index (κ1) is 20.5. The summed E-state index contributed by atoms with van der Waals surface area (Å²) in [4.78, 5) is 28.4. The molecule has 0 aliphatic heterocycles. The number of hydrogen-bond donors (Lipinski definition) is 2. The maximum absolute atomic E-state index is 12.3. The SMILES string of the molecule is CC(=O)Nc1sc(NC(=O)COc2ccc(C)c(C)c2)nc1-c1ccc(C)cc1. The lowest BCUT2D eigenvalue weighted by molar-refractivity contribution is -0.118. The molecule has 0 atom stereocenters. The first-order valence-corrected chi connectivity index (χ1v) is 9.99. The van der Waals surface area contributed by atoms with Gasteiger partial charge in [-0.1, -0.05) is 47.2 Å². The number of nitrogens with one attached hydrogen (secondary N) is 2. The normalized spacial score (nSPS) is 10.5. The standard InChI is InChI=1S/C22H23N3O3S/c1-13-5-8-17(9-6-13)20-21(23-16(4)26)29-22(25-20)24-19(27)12-28-18-10-7-14(2)15(3)11-18/h5-11H,12H2,1-4H3,(H,23,26)(H,24,25,27). The summed E-state index contributed by atoms with van der Waals surface area (Å²) in [5, 5.41) is 6.52. The fourth-order valence-corrected chi connectivity index (χ4v) is 3.58. The van der Waals surface area contributed by atoms with Gasteiger partial charge in [-0.25, -0.2) is 4.98 Å². The van der Waals surface area contributed by atoms with Crippen LogP contribution in [0.4, 0.5) is 10.1 Å². The molecule has 0 aliphatic carbocycles. The van der Waals surface area contributed by atoms with E-state index in [1.54, 1.807) is 0 Å². The van der Waals surface area contributed by atoms with E-state index in [0.717, 1.165) is 16.7 Å². The summed E-state index contributed by atoms with van der Waals surface area (Å²) in [6, 6.07) is 13.5. The Morgan fingerprint density at radius 3 is 2.38 bits per heavy atom. The van der Waals surface area contributed by atoms with Gasteiger partial charge in [0.15, 0.2) is 11.7 Å². The highest BCUT2D eigenvalue weighted by Crippen LogP contribution is 2.36. The predicted octanol–water partition coefficient (Wildman–Crippen LogP) is 4.71. The number of carbonyl (C=O) groups is 2. The van der Waals surface area contributed by atoms with E-state index < -0.39 is 0 Å². The van der Waals surface area contributed by atoms with Crippen molar-refractivity contribution < 1.29 is 14.3 Å². The second-order valence-electron chi connectivity index (χ2n) is 6.83. The molecule has 0 saturated heterocycles. The van der Waals surface area contributed by atoms with Crippen LogP contribution in [0.3, 0.4) is 0 Å². The van der Waals surface area contributed by atoms with Crippen LogP contribution in [0.15, 0.2) is 42.5 Å². The van der Waals surface area contributed by atoms with E-state index in [0.29, 0.717) is 21.6 Å². The van der Waals surface area contributed by atoms with Gasteiger partial charge < -0.3 is 10.1 Å². The van der Waals surface area contributed by atoms with Gasteiger partial charge in [0.25, 0.3) is 5.91 Å². The zero-order valence-corrected chi connectivity index (χ0v) is 17.6. The van der Waals surface area contributed by atoms with E-state index in [2.05, 4.69) is 15.6 Å². The summed E-state index contributed by atoms with van der Waals surface area (Å²) >= 11 is 1.21. The molecule has 0 unspecified atom stereocenters. The Hall–Kier alpha value is -3.19. The van der Waals surface area contributed by atoms with E-state index in [1.807, 2.05) is 63.2 Å². The zero-order valence-electron chi connectivity index (χ0n) is 16.8. The van der Waals surface area contributed by atoms with Gasteiger partial charge in [-0.3, -0.25) is 14.9 Å². The lowest BCUT2D eigenvalue weighted by Crippen LogP contribution is -2.20. The maximum atomic E-state index is 12.3. The quantitative estimate of drug-likeness (QED) is 0.618. The minimum Gasteiger partial charge on any atom is -0.484 e. The van der Waals surface area contributed by atoms with Gasteiger partial charge in [0.05, 0.1) is 0 Å². The molecule has 7 heteroatoms. The minimum atomic E-state index is -0.318. The summed E-state index contributed by atoms with van der Waals surface area (Å²) in [6.07, 6.45) is 0. The number of ether oxygens (including phenoxy) is 1. The Labute approximate surface area is 173 Å². The van der Waals surface area contributed by atoms with E-state index in [9.17, 15) is 9.59 Å². The molecule has 0 spiro atoms. The molecule has 0 bridgehead atoms. The maximum Gasteiger partial charge on any atom is 0.264 e. The summed E-state index contributed by atoms with van der Waals surface area (Å²) in [7, 11) is 0. The van der Waals surface area contributed by atoms with Crippen molar-refractivity contribution in [2.24, 2.45) is 0 Å². The van der Waals surface area contributed by atoms with Crippen LogP contribution >= 0.6 is 11.3 Å². The molecule has 3 aromatic rings. The van der Waals surface area contributed by atoms with Crippen LogP contribution in [0, 0.1) is 20.8 Å². The Morgan fingerprint density at radius 1 is 1.00 bits per heavy atom. The van der Waals surface area contributed by atoms with Crippen molar-refractivity contribution in [2.75, 3.05) is 17.2 Å². The second kappa shape index (κ2) is 8.87. The lowest BCUT2D eigenvalue weighted by Gasteiger charge is -2.07. The third-order valence-electron chi connectivity index (χ3n) is 4.34. The molecule has 0 radical (unpaired) electrons. The number of aryl methyl sites for hydroxylation is 3. The number of amides is 2. The molecule has 2 aromatic carbocycles. The summed E-state index contributed by atoms with van der Waals surface area (Å²) in [6.45, 7) is 7.33. The number of thiazole rings is 1. The van der Waals surface area contributed by atoms with Crippen molar-refractivity contribution in [1.82, 2.24) is 4.98 Å². The molecule has 2 N–H and O–H groups in total. The van der Waals surface area contributed by atoms with Crippen molar-refractivity contribution in [1.29, 1.82) is 0 Å². The number of rotatable bonds is 6. The first-order chi connectivity index (χ1) is 13.8. The van der Waals surface area contributed by atoms with E-state index in [4.69, 9.17) is 4.74 Å². The van der Waals surface area contributed by atoms with Crippen LogP contribution < -0.4 is 15.4 Å². The van der Waals surface area contributed by atoms with E-state index in [1.165, 1.54) is 23.8 Å². The highest BCUT2D eigenvalue weighted by molar-refractivity contribution is 7.20. The van der Waals surface area contributed by atoms with Gasteiger partial charge in [-0.15, -0.1) is 0 Å². The monoisotopic (exact) mass is 409 g/mol. The average molecular weight is 410 g/mol. The Kier molecular flexibility index (Phi) is 6.29. The fraction of sp³-hybridized carbons (Fsp3) is 0.227. The fourth-order valence-electron chi connectivity index (χ4n) is 2.63. The van der Waals surface area contributed by atoms with E-state index in [-0.39, 0.29) is 18.4 Å². The van der Waals surface area contributed by atoms with Crippen molar-refractivity contribution in [3.63, 3.8) is 0 Å². The molecular weight excluding hydrogens is 386 g/mol. The van der Waals surface area contributed by atoms with Crippen molar-refractivity contribution in [3.8, 4) is 17.0 Å². The number of carbonyl (C=O) groups excluding carboxylic acids is 2. The van der Waals surface area contributed by atoms with E-state index >= 15 is 0 Å². The molecule has 6 nitrogen and oxygen atoms in total. The number of hydrogen-bond acceptors (Lipinski definition) is 5. The minimum absolute atomic E-state index is 0.128. The van der Waals surface area contributed by atoms with Crippen LogP contribution in [-0.2, 0) is 9.59 Å². The lowest BCUT2D eigenvalue weighted by atomic mass is 10.1. The summed E-state index contributed by atoms with van der Waals surface area (Å²) < 4.78 is 5.57. The van der Waals surface area contributed by atoms with Crippen molar-refractivity contribution in [3.05, 3.63) is 59.2 Å². The van der Waals surface area contributed by atoms with Crippen LogP contribution in [-0.4, -0.2) is 23.4 Å². The number of nitrogens with zero attached hydrogens (tertiary/aromatic N) is 1. The number of aromatic nitrogens is 1. The molecule has 0 aliphatic rings. The second-order valence-corrected chi connectivity index (χ2v) is 7.83. The molecule has 0 saturated carbocycles. The molecular formula is C22H23N3O3S.